The summed E-state index contributed by atoms with van der Waals surface area (Å²) in [6.45, 7) is 8.29. The Kier molecular flexibility index (Phi) is 4.20. The van der Waals surface area contributed by atoms with Gasteiger partial charge in [-0.1, -0.05) is 36.2 Å². The topological polar surface area (TPSA) is 25.8 Å². The molecule has 19 heavy (non-hydrogen) atoms. The van der Waals surface area contributed by atoms with Crippen LogP contribution in [0.5, 0.6) is 0 Å². The summed E-state index contributed by atoms with van der Waals surface area (Å²) in [5.74, 6) is 0.828. The van der Waals surface area contributed by atoms with Crippen molar-refractivity contribution < 1.29 is 0 Å². The number of benzene rings is 1. The summed E-state index contributed by atoms with van der Waals surface area (Å²) in [7, 11) is 0. The summed E-state index contributed by atoms with van der Waals surface area (Å²) in [6, 6.07) is 6.40. The van der Waals surface area contributed by atoms with E-state index in [4.69, 9.17) is 16.6 Å². The Morgan fingerprint density at radius 3 is 2.53 bits per heavy atom. The van der Waals surface area contributed by atoms with Crippen LogP contribution in [-0.2, 0) is 6.42 Å². The molecular formula is C16H19ClN2. The molecule has 2 nitrogen and oxygen atoms in total. The van der Waals surface area contributed by atoms with Crippen molar-refractivity contribution in [1.82, 2.24) is 9.97 Å². The highest BCUT2D eigenvalue weighted by Crippen LogP contribution is 2.29. The van der Waals surface area contributed by atoms with E-state index in [0.29, 0.717) is 5.15 Å². The largest absolute Gasteiger partial charge is 0.233 e. The maximum Gasteiger partial charge on any atom is 0.136 e. The van der Waals surface area contributed by atoms with Crippen molar-refractivity contribution in [2.45, 2.75) is 40.5 Å². The van der Waals surface area contributed by atoms with Gasteiger partial charge in [0, 0.05) is 17.5 Å². The molecule has 0 N–H and O–H groups in total. The minimum Gasteiger partial charge on any atom is -0.233 e. The third-order valence-electron chi connectivity index (χ3n) is 3.25. The van der Waals surface area contributed by atoms with Crippen LogP contribution in [0.3, 0.4) is 0 Å². The van der Waals surface area contributed by atoms with Crippen molar-refractivity contribution in [2.75, 3.05) is 0 Å². The fourth-order valence-corrected chi connectivity index (χ4v) is 2.31. The van der Waals surface area contributed by atoms with Crippen LogP contribution in [0.2, 0.25) is 5.15 Å². The van der Waals surface area contributed by atoms with E-state index in [0.717, 1.165) is 35.5 Å². The average molecular weight is 275 g/mol. The second-order valence-corrected chi connectivity index (χ2v) is 5.33. The van der Waals surface area contributed by atoms with Crippen LogP contribution in [0.1, 0.15) is 35.9 Å². The van der Waals surface area contributed by atoms with Crippen molar-refractivity contribution in [2.24, 2.45) is 0 Å². The first kappa shape index (κ1) is 14.0. The fourth-order valence-electron chi connectivity index (χ4n) is 2.12. The highest BCUT2D eigenvalue weighted by atomic mass is 35.5. The van der Waals surface area contributed by atoms with E-state index in [-0.39, 0.29) is 0 Å². The average Bonchev–Trinajstić information content (AvgIpc) is 2.37. The number of nitrogens with zero attached hydrogens (tertiary/aromatic N) is 2. The predicted octanol–water partition coefficient (Wildman–Crippen LogP) is 4.67. The zero-order chi connectivity index (χ0) is 14.0. The van der Waals surface area contributed by atoms with Gasteiger partial charge < -0.3 is 0 Å². The lowest BCUT2D eigenvalue weighted by atomic mass is 10.00. The Morgan fingerprint density at radius 2 is 1.84 bits per heavy atom. The number of rotatable bonds is 3. The number of aryl methyl sites for hydroxylation is 3. The Labute approximate surface area is 119 Å². The molecule has 100 valence electrons. The molecule has 1 heterocycles. The molecule has 2 aromatic rings. The van der Waals surface area contributed by atoms with Crippen LogP contribution < -0.4 is 0 Å². The molecule has 0 atom stereocenters. The van der Waals surface area contributed by atoms with E-state index in [2.05, 4.69) is 44.0 Å². The van der Waals surface area contributed by atoms with E-state index >= 15 is 0 Å². The van der Waals surface area contributed by atoms with E-state index in [1.165, 1.54) is 11.1 Å². The van der Waals surface area contributed by atoms with Gasteiger partial charge in [0.2, 0.25) is 0 Å². The normalized spacial score (nSPS) is 10.8. The number of halogens is 1. The Balaban J connectivity index is 2.63. The summed E-state index contributed by atoms with van der Waals surface area (Å²) in [4.78, 5) is 9.05. The quantitative estimate of drug-likeness (QED) is 0.760. The van der Waals surface area contributed by atoms with Gasteiger partial charge in [-0.25, -0.2) is 9.97 Å². The Hall–Kier alpha value is -1.41. The maximum absolute atomic E-state index is 6.25. The molecule has 0 aliphatic rings. The van der Waals surface area contributed by atoms with Crippen molar-refractivity contribution in [1.29, 1.82) is 0 Å². The maximum atomic E-state index is 6.25. The lowest BCUT2D eigenvalue weighted by molar-refractivity contribution is 0.833. The van der Waals surface area contributed by atoms with Crippen LogP contribution in [0, 0.1) is 20.8 Å². The molecule has 0 saturated carbocycles. The first-order valence-electron chi connectivity index (χ1n) is 6.63. The first-order valence-corrected chi connectivity index (χ1v) is 7.01. The smallest absolute Gasteiger partial charge is 0.136 e. The highest BCUT2D eigenvalue weighted by molar-refractivity contribution is 6.30. The van der Waals surface area contributed by atoms with Gasteiger partial charge in [-0.15, -0.1) is 0 Å². The molecule has 0 amide bonds. The second-order valence-electron chi connectivity index (χ2n) is 4.97. The molecule has 0 unspecified atom stereocenters. The summed E-state index contributed by atoms with van der Waals surface area (Å²) >= 11 is 6.25. The van der Waals surface area contributed by atoms with Crippen molar-refractivity contribution >= 4 is 11.6 Å². The molecule has 0 fully saturated rings. The summed E-state index contributed by atoms with van der Waals surface area (Å²) in [6.07, 6.45) is 1.88. The van der Waals surface area contributed by atoms with Crippen molar-refractivity contribution in [3.63, 3.8) is 0 Å². The summed E-state index contributed by atoms with van der Waals surface area (Å²) < 4.78 is 0. The third-order valence-corrected chi connectivity index (χ3v) is 3.62. The van der Waals surface area contributed by atoms with E-state index in [1.807, 2.05) is 6.92 Å². The molecule has 0 bridgehead atoms. The second kappa shape index (κ2) is 5.70. The zero-order valence-corrected chi connectivity index (χ0v) is 12.7. The predicted molar refractivity (Wildman–Crippen MR) is 80.7 cm³/mol. The SMILES string of the molecule is CCCc1nc(Cl)c(C)c(-c2cc(C)ccc2C)n1. The molecule has 0 aliphatic carbocycles. The molecule has 0 aliphatic heterocycles. The summed E-state index contributed by atoms with van der Waals surface area (Å²) in [5, 5.41) is 0.564. The van der Waals surface area contributed by atoms with Gasteiger partial charge in [0.25, 0.3) is 0 Å². The molecule has 1 aromatic carbocycles. The van der Waals surface area contributed by atoms with Gasteiger partial charge in [-0.2, -0.15) is 0 Å². The lowest BCUT2D eigenvalue weighted by Crippen LogP contribution is -2.01. The monoisotopic (exact) mass is 274 g/mol. The molecule has 1 aromatic heterocycles. The minimum absolute atomic E-state index is 0.564. The molecule has 3 heteroatoms. The molecule has 0 saturated heterocycles. The van der Waals surface area contributed by atoms with Crippen LogP contribution in [0.15, 0.2) is 18.2 Å². The van der Waals surface area contributed by atoms with Crippen LogP contribution in [-0.4, -0.2) is 9.97 Å². The third kappa shape index (κ3) is 2.95. The van der Waals surface area contributed by atoms with Gasteiger partial charge in [0.15, 0.2) is 0 Å². The Morgan fingerprint density at radius 1 is 1.11 bits per heavy atom. The zero-order valence-electron chi connectivity index (χ0n) is 11.9. The van der Waals surface area contributed by atoms with Gasteiger partial charge >= 0.3 is 0 Å². The van der Waals surface area contributed by atoms with Gasteiger partial charge in [-0.3, -0.25) is 0 Å². The number of hydrogen-bond acceptors (Lipinski definition) is 2. The van der Waals surface area contributed by atoms with Crippen LogP contribution >= 0.6 is 11.6 Å². The van der Waals surface area contributed by atoms with E-state index in [9.17, 15) is 0 Å². The highest BCUT2D eigenvalue weighted by Gasteiger charge is 2.13. The standard InChI is InChI=1S/C16H19ClN2/c1-5-6-14-18-15(12(4)16(17)19-14)13-9-10(2)7-8-11(13)3/h7-9H,5-6H2,1-4H3. The van der Waals surface area contributed by atoms with Gasteiger partial charge in [-0.05, 0) is 38.8 Å². The molecule has 0 radical (unpaired) electrons. The van der Waals surface area contributed by atoms with Crippen molar-refractivity contribution in [3.8, 4) is 11.3 Å². The van der Waals surface area contributed by atoms with E-state index < -0.39 is 0 Å². The number of aromatic nitrogens is 2. The Bertz CT molecular complexity index is 606. The first-order chi connectivity index (χ1) is 9.02. The van der Waals surface area contributed by atoms with Crippen LogP contribution in [0.4, 0.5) is 0 Å². The fraction of sp³-hybridized carbons (Fsp3) is 0.375. The van der Waals surface area contributed by atoms with Gasteiger partial charge in [0.05, 0.1) is 5.69 Å². The molecule has 2 rings (SSSR count). The summed E-state index contributed by atoms with van der Waals surface area (Å²) in [5.41, 5.74) is 5.51. The minimum atomic E-state index is 0.564. The molecular weight excluding hydrogens is 256 g/mol. The lowest BCUT2D eigenvalue weighted by Gasteiger charge is -2.12. The van der Waals surface area contributed by atoms with E-state index in [1.54, 1.807) is 0 Å². The molecule has 0 spiro atoms. The van der Waals surface area contributed by atoms with Crippen LogP contribution in [0.25, 0.3) is 11.3 Å². The number of hydrogen-bond donors (Lipinski definition) is 0. The van der Waals surface area contributed by atoms with Crippen molar-refractivity contribution in [3.05, 3.63) is 45.9 Å². The van der Waals surface area contributed by atoms with Gasteiger partial charge in [0.1, 0.15) is 11.0 Å².